The largest absolute Gasteiger partial charge is 0.383 e. The normalized spacial score (nSPS) is 14.5. The Morgan fingerprint density at radius 1 is 0.955 bits per heavy atom. The number of pyridine rings is 1. The van der Waals surface area contributed by atoms with Crippen LogP contribution in [-0.4, -0.2) is 94.7 Å². The maximum atomic E-state index is 13.9. The highest BCUT2D eigenvalue weighted by molar-refractivity contribution is 6.06. The molecule has 0 saturated carbocycles. The summed E-state index contributed by atoms with van der Waals surface area (Å²) < 4.78 is 7.59. The van der Waals surface area contributed by atoms with Crippen LogP contribution in [0, 0.1) is 0 Å². The van der Waals surface area contributed by atoms with Gasteiger partial charge in [0.25, 0.3) is 0 Å². The van der Waals surface area contributed by atoms with Crippen LogP contribution in [0.4, 0.5) is 5.82 Å². The van der Waals surface area contributed by atoms with Crippen LogP contribution < -0.4 is 5.73 Å². The number of nitrogen functional groups attached to an aromatic ring is 1. The van der Waals surface area contributed by atoms with E-state index in [2.05, 4.69) is 68.4 Å². The summed E-state index contributed by atoms with van der Waals surface area (Å²) in [7, 11) is 1.75. The molecule has 1 saturated heterocycles. The highest BCUT2D eigenvalue weighted by Gasteiger charge is 2.23. The van der Waals surface area contributed by atoms with Gasteiger partial charge in [0.1, 0.15) is 11.3 Å². The quantitative estimate of drug-likeness (QED) is 0.211. The molecule has 0 unspecified atom stereocenters. The predicted molar refractivity (Wildman–Crippen MR) is 179 cm³/mol. The monoisotopic (exact) mass is 599 g/mol. The summed E-state index contributed by atoms with van der Waals surface area (Å²) >= 11 is 0. The molecule has 0 spiro atoms. The second kappa shape index (κ2) is 15.5. The number of hydrogen-bond acceptors (Lipinski definition) is 7. The van der Waals surface area contributed by atoms with E-state index in [1.165, 1.54) is 11.1 Å². The number of rotatable bonds is 15. The Bertz CT molecular complexity index is 1530. The van der Waals surface area contributed by atoms with Crippen LogP contribution in [0.15, 0.2) is 48.5 Å². The molecule has 236 valence electrons. The lowest BCUT2D eigenvalue weighted by atomic mass is 10.1. The van der Waals surface area contributed by atoms with E-state index in [-0.39, 0.29) is 5.91 Å². The predicted octanol–water partition coefficient (Wildman–Crippen LogP) is 4.75. The summed E-state index contributed by atoms with van der Waals surface area (Å²) in [5, 5.41) is 1.07. The van der Waals surface area contributed by atoms with Crippen molar-refractivity contribution < 1.29 is 9.53 Å². The van der Waals surface area contributed by atoms with E-state index in [9.17, 15) is 4.79 Å². The van der Waals surface area contributed by atoms with Crippen molar-refractivity contribution in [2.75, 3.05) is 65.3 Å². The number of ether oxygens (including phenoxy) is 1. The molecule has 44 heavy (non-hydrogen) atoms. The van der Waals surface area contributed by atoms with E-state index in [1.807, 2.05) is 18.2 Å². The molecule has 2 aromatic carbocycles. The molecule has 9 heteroatoms. The molecule has 3 heterocycles. The number of imidazole rings is 1. The Kier molecular flexibility index (Phi) is 11.2. The number of carbonyl (C=O) groups excluding carboxylic acids is 1. The lowest BCUT2D eigenvalue weighted by Gasteiger charge is -2.35. The number of benzene rings is 2. The van der Waals surface area contributed by atoms with Gasteiger partial charge in [0.2, 0.25) is 5.91 Å². The molecule has 0 radical (unpaired) electrons. The van der Waals surface area contributed by atoms with Crippen molar-refractivity contribution in [1.29, 1.82) is 0 Å². The molecular formula is C35H49N7O2. The molecule has 2 N–H and O–H groups in total. The molecule has 1 aliphatic heterocycles. The minimum absolute atomic E-state index is 0.192. The third kappa shape index (κ3) is 7.75. The van der Waals surface area contributed by atoms with Crippen LogP contribution in [0.25, 0.3) is 21.9 Å². The van der Waals surface area contributed by atoms with Gasteiger partial charge in [0.15, 0.2) is 5.82 Å². The van der Waals surface area contributed by atoms with Crippen LogP contribution in [0.5, 0.6) is 0 Å². The highest BCUT2D eigenvalue weighted by atomic mass is 16.5. The van der Waals surface area contributed by atoms with Gasteiger partial charge in [-0.15, -0.1) is 0 Å². The van der Waals surface area contributed by atoms with E-state index >= 15 is 0 Å². The SMILES string of the molecule is CCCCc1nc2c(N)nc3ccccc3c2n1CCCN(Cc1cccc(CC)c1)C(=O)CN1CCN(CCOC)CC1. The van der Waals surface area contributed by atoms with Crippen molar-refractivity contribution in [3.63, 3.8) is 0 Å². The number of anilines is 1. The summed E-state index contributed by atoms with van der Waals surface area (Å²) in [6.07, 6.45) is 4.85. The number of aryl methyl sites for hydroxylation is 3. The Morgan fingerprint density at radius 2 is 1.73 bits per heavy atom. The average Bonchev–Trinajstić information content (AvgIpc) is 3.42. The highest BCUT2D eigenvalue weighted by Crippen LogP contribution is 2.29. The number of fused-ring (bicyclic) bond motifs is 3. The number of hydrogen-bond donors (Lipinski definition) is 1. The number of piperazine rings is 1. The van der Waals surface area contributed by atoms with Crippen molar-refractivity contribution in [2.24, 2.45) is 0 Å². The first-order valence-electron chi connectivity index (χ1n) is 16.3. The van der Waals surface area contributed by atoms with Gasteiger partial charge in [-0.2, -0.15) is 0 Å². The van der Waals surface area contributed by atoms with E-state index in [1.54, 1.807) is 7.11 Å². The Hall–Kier alpha value is -3.53. The lowest BCUT2D eigenvalue weighted by molar-refractivity contribution is -0.133. The van der Waals surface area contributed by atoms with Crippen LogP contribution in [0.2, 0.25) is 0 Å². The first kappa shape index (κ1) is 31.9. The van der Waals surface area contributed by atoms with Crippen molar-refractivity contribution in [3.05, 3.63) is 65.5 Å². The summed E-state index contributed by atoms with van der Waals surface area (Å²) in [5.74, 6) is 1.72. The summed E-state index contributed by atoms with van der Waals surface area (Å²) in [4.78, 5) is 30.3. The molecule has 1 aliphatic rings. The Balaban J connectivity index is 1.34. The third-order valence-electron chi connectivity index (χ3n) is 8.81. The summed E-state index contributed by atoms with van der Waals surface area (Å²) in [5.41, 5.74) is 11.6. The number of carbonyl (C=O) groups is 1. The standard InChI is InChI=1S/C35H49N7O2/c1-4-6-15-31-38-33-34(29-13-7-8-14-30(29)37-35(33)36)42(31)17-10-16-41(25-28-12-9-11-27(5-2)24-28)32(43)26-40-20-18-39(19-21-40)22-23-44-3/h7-9,11-14,24H,4-6,10,15-23,25-26H2,1-3H3,(H2,36,37). The van der Waals surface area contributed by atoms with Crippen LogP contribution in [0.3, 0.4) is 0 Å². The van der Waals surface area contributed by atoms with E-state index in [4.69, 9.17) is 15.5 Å². The van der Waals surface area contributed by atoms with E-state index < -0.39 is 0 Å². The molecule has 0 bridgehead atoms. The number of methoxy groups -OCH3 is 1. The minimum Gasteiger partial charge on any atom is -0.383 e. The van der Waals surface area contributed by atoms with Crippen molar-refractivity contribution in [1.82, 2.24) is 29.2 Å². The number of para-hydroxylation sites is 1. The Labute approximate surface area is 262 Å². The van der Waals surface area contributed by atoms with Gasteiger partial charge in [-0.05, 0) is 36.5 Å². The molecule has 1 amide bonds. The molecule has 2 aromatic heterocycles. The zero-order chi connectivity index (χ0) is 30.9. The first-order chi connectivity index (χ1) is 21.5. The van der Waals surface area contributed by atoms with Gasteiger partial charge in [0, 0.05) is 71.3 Å². The van der Waals surface area contributed by atoms with Gasteiger partial charge in [-0.3, -0.25) is 14.6 Å². The molecule has 4 aromatic rings. The zero-order valence-electron chi connectivity index (χ0n) is 26.8. The number of nitrogens with two attached hydrogens (primary N) is 1. The molecular weight excluding hydrogens is 550 g/mol. The van der Waals surface area contributed by atoms with Crippen LogP contribution in [-0.2, 0) is 35.5 Å². The average molecular weight is 600 g/mol. The smallest absolute Gasteiger partial charge is 0.237 e. The maximum Gasteiger partial charge on any atom is 0.237 e. The fourth-order valence-electron chi connectivity index (χ4n) is 6.23. The summed E-state index contributed by atoms with van der Waals surface area (Å²) in [6.45, 7) is 12.3. The fourth-order valence-corrected chi connectivity index (χ4v) is 6.23. The van der Waals surface area contributed by atoms with Crippen LogP contribution >= 0.6 is 0 Å². The van der Waals surface area contributed by atoms with Gasteiger partial charge in [-0.25, -0.2) is 9.97 Å². The number of nitrogens with zero attached hydrogens (tertiary/aromatic N) is 6. The second-order valence-corrected chi connectivity index (χ2v) is 11.9. The Morgan fingerprint density at radius 3 is 2.50 bits per heavy atom. The molecule has 0 atom stereocenters. The number of amides is 1. The molecule has 0 aliphatic carbocycles. The van der Waals surface area contributed by atoms with Gasteiger partial charge >= 0.3 is 0 Å². The fraction of sp³-hybridized carbons (Fsp3) is 0.514. The van der Waals surface area contributed by atoms with Gasteiger partial charge in [0.05, 0.1) is 24.2 Å². The summed E-state index contributed by atoms with van der Waals surface area (Å²) in [6, 6.07) is 16.8. The lowest BCUT2D eigenvalue weighted by Crippen LogP contribution is -2.50. The minimum atomic E-state index is 0.192. The van der Waals surface area contributed by atoms with Crippen LogP contribution in [0.1, 0.15) is 50.1 Å². The van der Waals surface area contributed by atoms with Gasteiger partial charge in [-0.1, -0.05) is 62.7 Å². The topological polar surface area (TPSA) is 92.7 Å². The molecule has 5 rings (SSSR count). The van der Waals surface area contributed by atoms with Gasteiger partial charge < -0.3 is 19.9 Å². The van der Waals surface area contributed by atoms with Crippen molar-refractivity contribution >= 4 is 33.7 Å². The van der Waals surface area contributed by atoms with Crippen molar-refractivity contribution in [3.8, 4) is 0 Å². The zero-order valence-corrected chi connectivity index (χ0v) is 26.8. The second-order valence-electron chi connectivity index (χ2n) is 11.9. The molecule has 1 fully saturated rings. The van der Waals surface area contributed by atoms with E-state index in [0.29, 0.717) is 25.5 Å². The number of unbranched alkanes of at least 4 members (excludes halogenated alkanes) is 1. The van der Waals surface area contributed by atoms with Crippen molar-refractivity contribution in [2.45, 2.75) is 59.0 Å². The number of aromatic nitrogens is 3. The third-order valence-corrected chi connectivity index (χ3v) is 8.81. The first-order valence-corrected chi connectivity index (χ1v) is 16.3. The van der Waals surface area contributed by atoms with E-state index in [0.717, 1.165) is 106 Å². The maximum absolute atomic E-state index is 13.9. The molecule has 9 nitrogen and oxygen atoms in total.